The third kappa shape index (κ3) is 7.47. The molecule has 2 aliphatic heterocycles. The van der Waals surface area contributed by atoms with Crippen LogP contribution in [0, 0.1) is 5.82 Å². The molecule has 2 saturated heterocycles. The number of carbonyl (C=O) groups is 1. The number of thiocarbonyl (C=S) groups is 1. The van der Waals surface area contributed by atoms with Gasteiger partial charge < -0.3 is 29.5 Å². The maximum absolute atomic E-state index is 15.4. The Morgan fingerprint density at radius 2 is 1.85 bits per heavy atom. The smallest absolute Gasteiger partial charge is 0.237 e. The molecule has 0 saturated carbocycles. The molecule has 216 valence electrons. The van der Waals surface area contributed by atoms with Crippen LogP contribution in [0.4, 0.5) is 21.5 Å². The highest BCUT2D eigenvalue weighted by molar-refractivity contribution is 7.99. The lowest BCUT2D eigenvalue weighted by Crippen LogP contribution is -2.46. The molecule has 2 fully saturated rings. The predicted octanol–water partition coefficient (Wildman–Crippen LogP) is 4.99. The molecule has 40 heavy (non-hydrogen) atoms. The van der Waals surface area contributed by atoms with Crippen molar-refractivity contribution in [3.63, 3.8) is 0 Å². The third-order valence-corrected chi connectivity index (χ3v) is 8.26. The minimum atomic E-state index is -0.222. The van der Waals surface area contributed by atoms with E-state index < -0.39 is 0 Å². The summed E-state index contributed by atoms with van der Waals surface area (Å²) < 4.78 is 27.0. The summed E-state index contributed by atoms with van der Waals surface area (Å²) in [6.45, 7) is 8.89. The van der Waals surface area contributed by atoms with Gasteiger partial charge >= 0.3 is 0 Å². The zero-order chi connectivity index (χ0) is 28.5. The highest BCUT2D eigenvalue weighted by atomic mass is 32.2. The van der Waals surface area contributed by atoms with E-state index >= 15 is 4.39 Å². The van der Waals surface area contributed by atoms with E-state index in [2.05, 4.69) is 46.3 Å². The van der Waals surface area contributed by atoms with E-state index in [4.69, 9.17) is 21.7 Å². The van der Waals surface area contributed by atoms with E-state index in [0.717, 1.165) is 55.4 Å². The largest absolute Gasteiger partial charge is 0.471 e. The molecule has 2 aromatic rings. The van der Waals surface area contributed by atoms with Crippen molar-refractivity contribution in [2.45, 2.75) is 38.0 Å². The van der Waals surface area contributed by atoms with Gasteiger partial charge in [0.2, 0.25) is 5.91 Å². The first-order valence-corrected chi connectivity index (χ1v) is 15.6. The maximum Gasteiger partial charge on any atom is 0.237 e. The molecule has 2 unspecified atom stereocenters. The fourth-order valence-electron chi connectivity index (χ4n) is 5.08. The van der Waals surface area contributed by atoms with Crippen LogP contribution in [0.25, 0.3) is 0 Å². The predicted molar refractivity (Wildman–Crippen MR) is 167 cm³/mol. The fourth-order valence-corrected chi connectivity index (χ4v) is 5.84. The van der Waals surface area contributed by atoms with Crippen LogP contribution in [-0.4, -0.2) is 74.9 Å². The second-order valence-electron chi connectivity index (χ2n) is 9.79. The molecule has 2 heterocycles. The number of nitrogens with one attached hydrogen (secondary N) is 1. The number of hydrogen-bond donors (Lipinski definition) is 1. The van der Waals surface area contributed by atoms with Crippen LogP contribution in [0.1, 0.15) is 25.8 Å². The van der Waals surface area contributed by atoms with Crippen molar-refractivity contribution in [3.05, 3.63) is 65.8 Å². The van der Waals surface area contributed by atoms with Crippen molar-refractivity contribution < 1.29 is 18.7 Å². The first-order valence-electron chi connectivity index (χ1n) is 13.8. The third-order valence-electron chi connectivity index (χ3n) is 7.19. The molecule has 1 N–H and O–H groups in total. The van der Waals surface area contributed by atoms with E-state index in [1.807, 2.05) is 36.3 Å². The molecule has 2 atom stereocenters. The molecule has 0 aliphatic carbocycles. The summed E-state index contributed by atoms with van der Waals surface area (Å²) in [6.07, 6.45) is 5.38. The van der Waals surface area contributed by atoms with Crippen LogP contribution < -0.4 is 20.0 Å². The lowest BCUT2D eigenvalue weighted by molar-refractivity contribution is -0.119. The van der Waals surface area contributed by atoms with Crippen LogP contribution in [-0.2, 0) is 20.7 Å². The van der Waals surface area contributed by atoms with Gasteiger partial charge in [-0.1, -0.05) is 31.3 Å². The standard InChI is InChI=1S/C30H39FN4O3S2/c1-4-6-29-35(19-25(38-29)20-37-5-2)24-11-12-27(26(31)18-24)34-15-13-33(14-16-34)23-9-7-22(8-10-23)17-28(40-3)30(36)32-21-39/h6-12,18,21,25,28H,4-5,13-17,19-20H2,1-3H3,(H,32,36,39)/b29-6+. The zero-order valence-electron chi connectivity index (χ0n) is 23.5. The number of benzene rings is 2. The Morgan fingerprint density at radius 1 is 1.15 bits per heavy atom. The SMILES string of the molecule is CC/C=C1/OC(COCC)CN1c1ccc(N2CCN(c3ccc(CC(SC)C(=O)NC=S)cc3)CC2)c(F)c1. The number of anilines is 3. The molecule has 0 bridgehead atoms. The van der Waals surface area contributed by atoms with E-state index in [1.165, 1.54) is 17.3 Å². The molecule has 0 radical (unpaired) electrons. The molecule has 4 rings (SSSR count). The highest BCUT2D eigenvalue weighted by Gasteiger charge is 2.30. The van der Waals surface area contributed by atoms with Gasteiger partial charge in [-0.15, -0.1) is 0 Å². The zero-order valence-corrected chi connectivity index (χ0v) is 25.1. The van der Waals surface area contributed by atoms with E-state index in [1.54, 1.807) is 6.07 Å². The number of piperazine rings is 1. The van der Waals surface area contributed by atoms with E-state index in [9.17, 15) is 4.79 Å². The second-order valence-corrected chi connectivity index (χ2v) is 11.1. The molecule has 10 heteroatoms. The van der Waals surface area contributed by atoms with Crippen molar-refractivity contribution in [1.82, 2.24) is 5.32 Å². The van der Waals surface area contributed by atoms with E-state index in [0.29, 0.717) is 31.9 Å². The van der Waals surface area contributed by atoms with Gasteiger partial charge in [0.25, 0.3) is 0 Å². The average molecular weight is 587 g/mol. The topological polar surface area (TPSA) is 57.3 Å². The summed E-state index contributed by atoms with van der Waals surface area (Å²) in [4.78, 5) is 18.6. The first-order chi connectivity index (χ1) is 19.5. The molecular formula is C30H39FN4O3S2. The van der Waals surface area contributed by atoms with Crippen molar-refractivity contribution in [2.75, 3.05) is 66.9 Å². The Hall–Kier alpha value is -2.82. The Kier molecular flexibility index (Phi) is 11.1. The van der Waals surface area contributed by atoms with Gasteiger partial charge in [0.1, 0.15) is 11.9 Å². The number of thioether (sulfide) groups is 1. The molecule has 7 nitrogen and oxygen atoms in total. The molecule has 0 spiro atoms. The second kappa shape index (κ2) is 14.7. The monoisotopic (exact) mass is 586 g/mol. The van der Waals surface area contributed by atoms with Crippen molar-refractivity contribution in [3.8, 4) is 0 Å². The molecule has 2 aromatic carbocycles. The van der Waals surface area contributed by atoms with Crippen LogP contribution in [0.15, 0.2) is 54.4 Å². The van der Waals surface area contributed by atoms with Gasteiger partial charge in [0.15, 0.2) is 5.88 Å². The highest BCUT2D eigenvalue weighted by Crippen LogP contribution is 2.32. The first kappa shape index (κ1) is 30.1. The van der Waals surface area contributed by atoms with Gasteiger partial charge in [-0.3, -0.25) is 4.79 Å². The number of hydrogen-bond acceptors (Lipinski definition) is 8. The fraction of sp³-hybridized carbons (Fsp3) is 0.467. The van der Waals surface area contributed by atoms with Gasteiger partial charge in [-0.2, -0.15) is 11.8 Å². The minimum Gasteiger partial charge on any atom is -0.471 e. The number of allylic oxidation sites excluding steroid dienone is 1. The molecular weight excluding hydrogens is 547 g/mol. The van der Waals surface area contributed by atoms with Crippen LogP contribution in [0.5, 0.6) is 0 Å². The van der Waals surface area contributed by atoms with Crippen LogP contribution in [0.3, 0.4) is 0 Å². The molecule has 0 aromatic heterocycles. The van der Waals surface area contributed by atoms with E-state index in [-0.39, 0.29) is 23.1 Å². The Balaban J connectivity index is 1.35. The van der Waals surface area contributed by atoms with Gasteiger partial charge in [-0.05, 0) is 68.0 Å². The van der Waals surface area contributed by atoms with Gasteiger partial charge in [0, 0.05) is 44.2 Å². The number of amides is 1. The summed E-state index contributed by atoms with van der Waals surface area (Å²) in [5, 5.41) is 2.43. The average Bonchev–Trinajstić information content (AvgIpc) is 3.38. The van der Waals surface area contributed by atoms with Crippen molar-refractivity contribution in [1.29, 1.82) is 0 Å². The number of rotatable bonds is 12. The number of ether oxygens (including phenoxy) is 2. The van der Waals surface area contributed by atoms with Gasteiger partial charge in [-0.25, -0.2) is 4.39 Å². The maximum atomic E-state index is 15.4. The summed E-state index contributed by atoms with van der Waals surface area (Å²) in [7, 11) is 0. The van der Waals surface area contributed by atoms with Crippen molar-refractivity contribution in [2.24, 2.45) is 0 Å². The number of halogens is 1. The normalized spacial score (nSPS) is 19.1. The van der Waals surface area contributed by atoms with Crippen LogP contribution in [0.2, 0.25) is 0 Å². The summed E-state index contributed by atoms with van der Waals surface area (Å²) in [5.41, 5.74) is 4.92. The number of carbonyl (C=O) groups excluding carboxylic acids is 1. The lowest BCUT2D eigenvalue weighted by Gasteiger charge is -2.37. The molecule has 1 amide bonds. The summed E-state index contributed by atoms with van der Waals surface area (Å²) in [5.74, 6) is 0.474. The molecule has 2 aliphatic rings. The quantitative estimate of drug-likeness (QED) is 0.349. The van der Waals surface area contributed by atoms with Gasteiger partial charge in [0.05, 0.1) is 29.6 Å². The summed E-state index contributed by atoms with van der Waals surface area (Å²) in [6, 6.07) is 13.9. The number of nitrogens with zero attached hydrogens (tertiary/aromatic N) is 3. The minimum absolute atomic E-state index is 0.0651. The Morgan fingerprint density at radius 3 is 2.48 bits per heavy atom. The lowest BCUT2D eigenvalue weighted by atomic mass is 10.1. The Bertz CT molecular complexity index is 1170. The Labute approximate surface area is 246 Å². The van der Waals surface area contributed by atoms with Crippen molar-refractivity contribution >= 4 is 52.4 Å². The summed E-state index contributed by atoms with van der Waals surface area (Å²) >= 11 is 6.26. The van der Waals surface area contributed by atoms with Crippen LogP contribution >= 0.6 is 24.0 Å².